The second-order valence-corrected chi connectivity index (χ2v) is 5.61. The molecule has 2 rings (SSSR count). The lowest BCUT2D eigenvalue weighted by atomic mass is 9.99. The lowest BCUT2D eigenvalue weighted by molar-refractivity contribution is -0.122. The lowest BCUT2D eigenvalue weighted by Crippen LogP contribution is -2.10. The third kappa shape index (κ3) is 2.88. The fourth-order valence-corrected chi connectivity index (χ4v) is 3.01. The zero-order valence-corrected chi connectivity index (χ0v) is 9.98. The van der Waals surface area contributed by atoms with Gasteiger partial charge in [-0.2, -0.15) is 0 Å². The smallest absolute Gasteiger partial charge is 0.136 e. The molecule has 1 aromatic heterocycles. The van der Waals surface area contributed by atoms with Crippen LogP contribution in [0, 0.1) is 12.8 Å². The van der Waals surface area contributed by atoms with Crippen molar-refractivity contribution in [3.8, 4) is 0 Å². The van der Waals surface area contributed by atoms with Gasteiger partial charge < -0.3 is 0 Å². The summed E-state index contributed by atoms with van der Waals surface area (Å²) in [6.07, 6.45) is 8.25. The topological polar surface area (TPSA) is 30.0 Å². The van der Waals surface area contributed by atoms with Gasteiger partial charge in [-0.15, -0.1) is 11.3 Å². The Morgan fingerprint density at radius 1 is 1.53 bits per heavy atom. The van der Waals surface area contributed by atoms with Gasteiger partial charge in [0.25, 0.3) is 0 Å². The molecule has 1 saturated carbocycles. The highest BCUT2D eigenvalue weighted by Gasteiger charge is 2.22. The number of thiazole rings is 1. The van der Waals surface area contributed by atoms with Gasteiger partial charge in [-0.3, -0.25) is 4.79 Å². The molecule has 1 heterocycles. The molecule has 0 N–H and O–H groups in total. The molecule has 0 radical (unpaired) electrons. The van der Waals surface area contributed by atoms with Gasteiger partial charge in [0.1, 0.15) is 5.78 Å². The third-order valence-electron chi connectivity index (χ3n) is 3.10. The number of rotatable bonds is 4. The molecule has 1 aromatic rings. The fraction of sp³-hybridized carbons (Fsp3) is 0.667. The molecule has 1 aliphatic carbocycles. The molecule has 0 atom stereocenters. The lowest BCUT2D eigenvalue weighted by Gasteiger charge is -2.06. The molecule has 82 valence electrons. The zero-order chi connectivity index (χ0) is 10.7. The first kappa shape index (κ1) is 10.8. The van der Waals surface area contributed by atoms with E-state index >= 15 is 0 Å². The summed E-state index contributed by atoms with van der Waals surface area (Å²) in [5, 5.41) is 1.10. The Labute approximate surface area is 94.7 Å². The predicted molar refractivity (Wildman–Crippen MR) is 62.1 cm³/mol. The first-order valence-corrected chi connectivity index (χ1v) is 6.51. The number of Topliss-reactive ketones (excluding diaryl/α,β-unsaturated/α-hetero) is 1. The van der Waals surface area contributed by atoms with Crippen LogP contribution in [-0.2, 0) is 11.2 Å². The summed E-state index contributed by atoms with van der Waals surface area (Å²) in [6, 6.07) is 0. The molecule has 0 unspecified atom stereocenters. The van der Waals surface area contributed by atoms with E-state index in [1.807, 2.05) is 13.1 Å². The van der Waals surface area contributed by atoms with Gasteiger partial charge in [0.05, 0.1) is 5.01 Å². The zero-order valence-electron chi connectivity index (χ0n) is 9.16. The second kappa shape index (κ2) is 4.88. The van der Waals surface area contributed by atoms with Crippen LogP contribution in [0.3, 0.4) is 0 Å². The summed E-state index contributed by atoms with van der Waals surface area (Å²) in [4.78, 5) is 17.3. The molecule has 0 amide bonds. The summed E-state index contributed by atoms with van der Waals surface area (Å²) < 4.78 is 0. The SMILES string of the molecule is Cc1ncc(CCC(=O)C2CCCC2)s1. The van der Waals surface area contributed by atoms with Crippen LogP contribution in [0.15, 0.2) is 6.20 Å². The van der Waals surface area contributed by atoms with Crippen LogP contribution in [0.25, 0.3) is 0 Å². The van der Waals surface area contributed by atoms with Gasteiger partial charge in [-0.25, -0.2) is 4.98 Å². The molecular weight excluding hydrogens is 206 g/mol. The number of aromatic nitrogens is 1. The number of hydrogen-bond donors (Lipinski definition) is 0. The van der Waals surface area contributed by atoms with Crippen molar-refractivity contribution in [1.29, 1.82) is 0 Å². The average molecular weight is 223 g/mol. The Balaban J connectivity index is 1.80. The maximum absolute atomic E-state index is 11.8. The maximum Gasteiger partial charge on any atom is 0.136 e. The van der Waals surface area contributed by atoms with Gasteiger partial charge in [-0.1, -0.05) is 12.8 Å². The standard InChI is InChI=1S/C12H17NOS/c1-9-13-8-11(15-9)6-7-12(14)10-4-2-3-5-10/h8,10H,2-7H2,1H3. The molecule has 15 heavy (non-hydrogen) atoms. The van der Waals surface area contributed by atoms with Crippen LogP contribution in [0.4, 0.5) is 0 Å². The van der Waals surface area contributed by atoms with Gasteiger partial charge in [0.15, 0.2) is 0 Å². The van der Waals surface area contributed by atoms with Crippen molar-refractivity contribution in [3.05, 3.63) is 16.1 Å². The van der Waals surface area contributed by atoms with Crippen molar-refractivity contribution in [2.24, 2.45) is 5.92 Å². The van der Waals surface area contributed by atoms with E-state index in [0.717, 1.165) is 24.3 Å². The predicted octanol–water partition coefficient (Wildman–Crippen LogP) is 3.14. The largest absolute Gasteiger partial charge is 0.299 e. The summed E-state index contributed by atoms with van der Waals surface area (Å²) in [5.74, 6) is 0.845. The van der Waals surface area contributed by atoms with Crippen LogP contribution in [0.2, 0.25) is 0 Å². The molecule has 3 heteroatoms. The summed E-state index contributed by atoms with van der Waals surface area (Å²) in [7, 11) is 0. The molecule has 0 aromatic carbocycles. The molecule has 0 saturated heterocycles. The summed E-state index contributed by atoms with van der Waals surface area (Å²) in [6.45, 7) is 2.01. The van der Waals surface area contributed by atoms with Crippen molar-refractivity contribution < 1.29 is 4.79 Å². The van der Waals surface area contributed by atoms with E-state index in [0.29, 0.717) is 18.1 Å². The highest BCUT2D eigenvalue weighted by atomic mass is 32.1. The minimum atomic E-state index is 0.374. The third-order valence-corrected chi connectivity index (χ3v) is 4.07. The minimum absolute atomic E-state index is 0.374. The molecule has 0 bridgehead atoms. The van der Waals surface area contributed by atoms with Crippen molar-refractivity contribution in [3.63, 3.8) is 0 Å². The molecule has 1 fully saturated rings. The van der Waals surface area contributed by atoms with Crippen LogP contribution in [0.5, 0.6) is 0 Å². The molecule has 1 aliphatic rings. The summed E-state index contributed by atoms with van der Waals surface area (Å²) in [5.41, 5.74) is 0. The highest BCUT2D eigenvalue weighted by Crippen LogP contribution is 2.27. The Morgan fingerprint density at radius 3 is 2.87 bits per heavy atom. The number of ketones is 1. The van der Waals surface area contributed by atoms with Crippen LogP contribution in [0.1, 0.15) is 42.0 Å². The number of aryl methyl sites for hydroxylation is 2. The van der Waals surface area contributed by atoms with E-state index in [1.54, 1.807) is 11.3 Å². The van der Waals surface area contributed by atoms with Crippen LogP contribution >= 0.6 is 11.3 Å². The van der Waals surface area contributed by atoms with E-state index in [2.05, 4.69) is 4.98 Å². The van der Waals surface area contributed by atoms with E-state index in [9.17, 15) is 4.79 Å². The van der Waals surface area contributed by atoms with E-state index < -0.39 is 0 Å². The van der Waals surface area contributed by atoms with Crippen molar-refractivity contribution >= 4 is 17.1 Å². The van der Waals surface area contributed by atoms with Gasteiger partial charge in [-0.05, 0) is 26.2 Å². The Hall–Kier alpha value is -0.700. The Kier molecular flexibility index (Phi) is 3.52. The highest BCUT2D eigenvalue weighted by molar-refractivity contribution is 7.11. The fourth-order valence-electron chi connectivity index (χ4n) is 2.22. The monoisotopic (exact) mass is 223 g/mol. The first-order chi connectivity index (χ1) is 7.25. The van der Waals surface area contributed by atoms with Crippen molar-refractivity contribution in [1.82, 2.24) is 4.98 Å². The number of hydrogen-bond acceptors (Lipinski definition) is 3. The molecule has 0 spiro atoms. The molecule has 2 nitrogen and oxygen atoms in total. The molecular formula is C12H17NOS. The van der Waals surface area contributed by atoms with Gasteiger partial charge in [0.2, 0.25) is 0 Å². The second-order valence-electron chi connectivity index (χ2n) is 4.29. The Morgan fingerprint density at radius 2 is 2.27 bits per heavy atom. The van der Waals surface area contributed by atoms with Gasteiger partial charge in [0, 0.05) is 23.4 Å². The number of carbonyl (C=O) groups is 1. The summed E-state index contributed by atoms with van der Waals surface area (Å²) >= 11 is 1.71. The Bertz CT molecular complexity index is 339. The first-order valence-electron chi connectivity index (χ1n) is 5.70. The van der Waals surface area contributed by atoms with Crippen LogP contribution < -0.4 is 0 Å². The van der Waals surface area contributed by atoms with Crippen molar-refractivity contribution in [2.45, 2.75) is 45.4 Å². The van der Waals surface area contributed by atoms with Crippen molar-refractivity contribution in [2.75, 3.05) is 0 Å². The van der Waals surface area contributed by atoms with E-state index in [-0.39, 0.29) is 0 Å². The molecule has 0 aliphatic heterocycles. The van der Waals surface area contributed by atoms with E-state index in [1.165, 1.54) is 17.7 Å². The quantitative estimate of drug-likeness (QED) is 0.785. The maximum atomic E-state index is 11.8. The van der Waals surface area contributed by atoms with Gasteiger partial charge >= 0.3 is 0 Å². The minimum Gasteiger partial charge on any atom is -0.299 e. The number of nitrogens with zero attached hydrogens (tertiary/aromatic N) is 1. The normalized spacial score (nSPS) is 17.1. The average Bonchev–Trinajstić information content (AvgIpc) is 2.84. The number of carbonyl (C=O) groups excluding carboxylic acids is 1. The van der Waals surface area contributed by atoms with E-state index in [4.69, 9.17) is 0 Å². The van der Waals surface area contributed by atoms with Crippen LogP contribution in [-0.4, -0.2) is 10.8 Å².